The third-order valence-electron chi connectivity index (χ3n) is 3.15. The van der Waals surface area contributed by atoms with Crippen molar-refractivity contribution in [3.63, 3.8) is 0 Å². The second-order valence-electron chi connectivity index (χ2n) is 4.39. The Kier molecular flexibility index (Phi) is 4.49. The summed E-state index contributed by atoms with van der Waals surface area (Å²) in [5.74, 6) is 5.61. The fourth-order valence-electron chi connectivity index (χ4n) is 2.00. The molecule has 0 saturated heterocycles. The molecule has 0 saturated carbocycles. The van der Waals surface area contributed by atoms with Crippen molar-refractivity contribution in [3.8, 4) is 5.75 Å². The molecule has 0 fully saturated rings. The lowest BCUT2D eigenvalue weighted by Crippen LogP contribution is -2.30. The minimum Gasteiger partial charge on any atom is -0.497 e. The van der Waals surface area contributed by atoms with Crippen molar-refractivity contribution in [2.45, 2.75) is 12.5 Å². The number of nitrogens with two attached hydrogens (primary N) is 2. The van der Waals surface area contributed by atoms with Gasteiger partial charge in [-0.2, -0.15) is 0 Å². The van der Waals surface area contributed by atoms with Crippen molar-refractivity contribution in [2.75, 3.05) is 12.8 Å². The molecular weight excluding hydrogens is 259 g/mol. The molecular formula is C14H17FN4O. The maximum absolute atomic E-state index is 14.1. The monoisotopic (exact) mass is 276 g/mol. The maximum Gasteiger partial charge on any atom is 0.131 e. The summed E-state index contributed by atoms with van der Waals surface area (Å²) in [5, 5.41) is 0. The third kappa shape index (κ3) is 3.04. The second-order valence-corrected chi connectivity index (χ2v) is 4.39. The van der Waals surface area contributed by atoms with E-state index in [1.807, 2.05) is 0 Å². The molecule has 1 heterocycles. The summed E-state index contributed by atoms with van der Waals surface area (Å²) in [5.41, 5.74) is 10.3. The van der Waals surface area contributed by atoms with Gasteiger partial charge in [0.2, 0.25) is 0 Å². The summed E-state index contributed by atoms with van der Waals surface area (Å²) in [6.07, 6.45) is 3.71. The maximum atomic E-state index is 14.1. The summed E-state index contributed by atoms with van der Waals surface area (Å²) < 4.78 is 19.0. The van der Waals surface area contributed by atoms with Gasteiger partial charge in [-0.15, -0.1) is 0 Å². The summed E-state index contributed by atoms with van der Waals surface area (Å²) in [6, 6.07) is 5.97. The van der Waals surface area contributed by atoms with E-state index < -0.39 is 6.04 Å². The number of benzene rings is 1. The van der Waals surface area contributed by atoms with Crippen molar-refractivity contribution in [3.05, 3.63) is 53.6 Å². The summed E-state index contributed by atoms with van der Waals surface area (Å²) >= 11 is 0. The van der Waals surface area contributed by atoms with E-state index in [0.29, 0.717) is 23.4 Å². The second kappa shape index (κ2) is 6.31. The number of hydrogen-bond donors (Lipinski definition) is 3. The lowest BCUT2D eigenvalue weighted by atomic mass is 9.99. The molecule has 0 aliphatic rings. The largest absolute Gasteiger partial charge is 0.497 e. The Labute approximate surface area is 116 Å². The summed E-state index contributed by atoms with van der Waals surface area (Å²) in [7, 11) is 1.49. The van der Waals surface area contributed by atoms with Gasteiger partial charge in [-0.3, -0.25) is 16.3 Å². The van der Waals surface area contributed by atoms with Crippen LogP contribution in [0.15, 0.2) is 36.7 Å². The van der Waals surface area contributed by atoms with Crippen LogP contribution in [-0.4, -0.2) is 12.1 Å². The van der Waals surface area contributed by atoms with Crippen molar-refractivity contribution < 1.29 is 9.13 Å². The van der Waals surface area contributed by atoms with Crippen LogP contribution in [0.3, 0.4) is 0 Å². The van der Waals surface area contributed by atoms with E-state index in [0.717, 1.165) is 5.56 Å². The third-order valence-corrected chi connectivity index (χ3v) is 3.15. The molecule has 106 valence electrons. The highest BCUT2D eigenvalue weighted by Gasteiger charge is 2.17. The van der Waals surface area contributed by atoms with Gasteiger partial charge >= 0.3 is 0 Å². The fourth-order valence-corrected chi connectivity index (χ4v) is 2.00. The molecule has 0 amide bonds. The first-order valence-corrected chi connectivity index (χ1v) is 6.13. The summed E-state index contributed by atoms with van der Waals surface area (Å²) in [4.78, 5) is 4.01. The number of methoxy groups -OCH3 is 1. The minimum atomic E-state index is -0.396. The van der Waals surface area contributed by atoms with E-state index in [-0.39, 0.29) is 5.82 Å². The molecule has 0 spiro atoms. The van der Waals surface area contributed by atoms with E-state index in [9.17, 15) is 4.39 Å². The standard InChI is InChI=1S/C14H17FN4O/c1-20-10-2-3-11(12(15)7-10)14(19-17)6-9-8-18-5-4-13(9)16/h2-5,7-8,14,19H,6,17H2,1H3,(H2,16,18). The molecule has 5 nitrogen and oxygen atoms in total. The number of halogens is 1. The van der Waals surface area contributed by atoms with Crippen molar-refractivity contribution >= 4 is 5.69 Å². The molecule has 1 atom stereocenters. The average molecular weight is 276 g/mol. The Hall–Kier alpha value is -2.18. The van der Waals surface area contributed by atoms with Gasteiger partial charge in [0.1, 0.15) is 11.6 Å². The first-order chi connectivity index (χ1) is 9.65. The molecule has 0 radical (unpaired) electrons. The van der Waals surface area contributed by atoms with Crippen molar-refractivity contribution in [2.24, 2.45) is 5.84 Å². The number of rotatable bonds is 5. The number of hydrogen-bond acceptors (Lipinski definition) is 5. The molecule has 6 heteroatoms. The van der Waals surface area contributed by atoms with Crippen LogP contribution in [0.2, 0.25) is 0 Å². The van der Waals surface area contributed by atoms with E-state index in [2.05, 4.69) is 10.4 Å². The SMILES string of the molecule is COc1ccc(C(Cc2cnccc2N)NN)c(F)c1. The number of anilines is 1. The van der Waals surface area contributed by atoms with Crippen LogP contribution in [0, 0.1) is 5.82 Å². The predicted octanol–water partition coefficient (Wildman–Crippen LogP) is 1.56. The average Bonchev–Trinajstić information content (AvgIpc) is 2.47. The minimum absolute atomic E-state index is 0.380. The molecule has 1 aromatic carbocycles. The van der Waals surface area contributed by atoms with Crippen molar-refractivity contribution in [1.29, 1.82) is 0 Å². The Morgan fingerprint density at radius 2 is 2.20 bits per heavy atom. The van der Waals surface area contributed by atoms with Gasteiger partial charge in [0, 0.05) is 29.7 Å². The van der Waals surface area contributed by atoms with Crippen LogP contribution < -0.4 is 21.7 Å². The molecule has 5 N–H and O–H groups in total. The van der Waals surface area contributed by atoms with Gasteiger partial charge < -0.3 is 10.5 Å². The molecule has 1 aromatic heterocycles. The number of nitrogens with zero attached hydrogens (tertiary/aromatic N) is 1. The Morgan fingerprint density at radius 3 is 2.80 bits per heavy atom. The molecule has 0 bridgehead atoms. The number of nitrogens with one attached hydrogen (secondary N) is 1. The molecule has 0 aliphatic heterocycles. The van der Waals surface area contributed by atoms with Crippen LogP contribution in [0.5, 0.6) is 5.75 Å². The number of pyridine rings is 1. The van der Waals surface area contributed by atoms with Gasteiger partial charge in [0.15, 0.2) is 0 Å². The van der Waals surface area contributed by atoms with E-state index in [1.165, 1.54) is 13.2 Å². The number of ether oxygens (including phenoxy) is 1. The Morgan fingerprint density at radius 1 is 1.40 bits per heavy atom. The zero-order valence-electron chi connectivity index (χ0n) is 11.1. The molecule has 1 unspecified atom stereocenters. The lowest BCUT2D eigenvalue weighted by molar-refractivity contribution is 0.409. The topological polar surface area (TPSA) is 86.2 Å². The highest BCUT2D eigenvalue weighted by molar-refractivity contribution is 5.45. The smallest absolute Gasteiger partial charge is 0.131 e. The zero-order chi connectivity index (χ0) is 14.5. The Balaban J connectivity index is 2.27. The molecule has 20 heavy (non-hydrogen) atoms. The van der Waals surface area contributed by atoms with Gasteiger partial charge in [0.25, 0.3) is 0 Å². The van der Waals surface area contributed by atoms with E-state index in [1.54, 1.807) is 30.6 Å². The molecule has 0 aliphatic carbocycles. The lowest BCUT2D eigenvalue weighted by Gasteiger charge is -2.18. The predicted molar refractivity (Wildman–Crippen MR) is 75.4 cm³/mol. The van der Waals surface area contributed by atoms with Crippen LogP contribution >= 0.6 is 0 Å². The van der Waals surface area contributed by atoms with Gasteiger partial charge in [0.05, 0.1) is 13.2 Å². The van der Waals surface area contributed by atoms with Crippen molar-refractivity contribution in [1.82, 2.24) is 10.4 Å². The number of aromatic nitrogens is 1. The van der Waals surface area contributed by atoms with Crippen LogP contribution in [0.25, 0.3) is 0 Å². The zero-order valence-corrected chi connectivity index (χ0v) is 11.1. The summed E-state index contributed by atoms with van der Waals surface area (Å²) in [6.45, 7) is 0. The van der Waals surface area contributed by atoms with E-state index >= 15 is 0 Å². The quantitative estimate of drug-likeness (QED) is 0.570. The highest BCUT2D eigenvalue weighted by Crippen LogP contribution is 2.25. The highest BCUT2D eigenvalue weighted by atomic mass is 19.1. The van der Waals surface area contributed by atoms with Crippen LogP contribution in [0.4, 0.5) is 10.1 Å². The van der Waals surface area contributed by atoms with Gasteiger partial charge in [-0.05, 0) is 24.1 Å². The number of hydrazine groups is 1. The van der Waals surface area contributed by atoms with Crippen LogP contribution in [0.1, 0.15) is 17.2 Å². The normalized spacial score (nSPS) is 12.2. The molecule has 2 aromatic rings. The molecule has 2 rings (SSSR count). The fraction of sp³-hybridized carbons (Fsp3) is 0.214. The number of nitrogen functional groups attached to an aromatic ring is 1. The first kappa shape index (κ1) is 14.2. The van der Waals surface area contributed by atoms with E-state index in [4.69, 9.17) is 16.3 Å². The van der Waals surface area contributed by atoms with Crippen LogP contribution in [-0.2, 0) is 6.42 Å². The first-order valence-electron chi connectivity index (χ1n) is 6.13. The Bertz CT molecular complexity index is 591. The van der Waals surface area contributed by atoms with Gasteiger partial charge in [-0.1, -0.05) is 6.07 Å². The van der Waals surface area contributed by atoms with Gasteiger partial charge in [-0.25, -0.2) is 4.39 Å².